The fourth-order valence-electron chi connectivity index (χ4n) is 3.19. The minimum atomic E-state index is -0.309. The van der Waals surface area contributed by atoms with Gasteiger partial charge in [0, 0.05) is 31.1 Å². The Bertz CT molecular complexity index is 807. The second-order valence-corrected chi connectivity index (χ2v) is 7.06. The number of likely N-dealkylation sites (tertiary alicyclic amines) is 1. The number of halogens is 1. The molecule has 1 heterocycles. The van der Waals surface area contributed by atoms with Gasteiger partial charge in [-0.1, -0.05) is 41.9 Å². The van der Waals surface area contributed by atoms with Crippen LogP contribution < -0.4 is 10.1 Å². The maximum Gasteiger partial charge on any atom is 0.225 e. The average Bonchev–Trinajstić information content (AvgIpc) is 3.06. The summed E-state index contributed by atoms with van der Waals surface area (Å²) in [5.74, 6) is 0.429. The molecule has 1 aliphatic rings. The SMILES string of the molecule is COc1ccc(CCN2CC(C(=O)NCc3ccccc3Cl)CC2=O)cc1. The molecule has 5 nitrogen and oxygen atoms in total. The van der Waals surface area contributed by atoms with Crippen molar-refractivity contribution >= 4 is 23.4 Å². The van der Waals surface area contributed by atoms with Crippen LogP contribution in [0.15, 0.2) is 48.5 Å². The van der Waals surface area contributed by atoms with Gasteiger partial charge in [-0.25, -0.2) is 0 Å². The molecule has 6 heteroatoms. The molecule has 1 aliphatic heterocycles. The highest BCUT2D eigenvalue weighted by atomic mass is 35.5. The van der Waals surface area contributed by atoms with Gasteiger partial charge in [-0.3, -0.25) is 9.59 Å². The summed E-state index contributed by atoms with van der Waals surface area (Å²) in [6, 6.07) is 15.2. The zero-order valence-electron chi connectivity index (χ0n) is 15.3. The van der Waals surface area contributed by atoms with E-state index in [0.717, 1.165) is 23.3 Å². The largest absolute Gasteiger partial charge is 0.497 e. The molecule has 27 heavy (non-hydrogen) atoms. The van der Waals surface area contributed by atoms with Gasteiger partial charge in [0.05, 0.1) is 13.0 Å². The number of carbonyl (C=O) groups is 2. The third-order valence-corrected chi connectivity index (χ3v) is 5.19. The van der Waals surface area contributed by atoms with Gasteiger partial charge < -0.3 is 15.0 Å². The lowest BCUT2D eigenvalue weighted by molar-refractivity contribution is -0.129. The Balaban J connectivity index is 1.48. The van der Waals surface area contributed by atoms with E-state index in [-0.39, 0.29) is 24.2 Å². The lowest BCUT2D eigenvalue weighted by Crippen LogP contribution is -2.33. The summed E-state index contributed by atoms with van der Waals surface area (Å²) in [5.41, 5.74) is 2.00. The van der Waals surface area contributed by atoms with E-state index < -0.39 is 0 Å². The number of amides is 2. The number of ether oxygens (including phenoxy) is 1. The molecule has 0 aliphatic carbocycles. The molecular formula is C21H23ClN2O3. The van der Waals surface area contributed by atoms with Crippen LogP contribution in [0.2, 0.25) is 5.02 Å². The molecule has 0 saturated carbocycles. The van der Waals surface area contributed by atoms with E-state index in [4.69, 9.17) is 16.3 Å². The molecule has 1 atom stereocenters. The van der Waals surface area contributed by atoms with Gasteiger partial charge in [0.2, 0.25) is 11.8 Å². The predicted octanol–water partition coefficient (Wildman–Crippen LogP) is 3.06. The van der Waals surface area contributed by atoms with Crippen LogP contribution in [0.4, 0.5) is 0 Å². The second-order valence-electron chi connectivity index (χ2n) is 6.65. The number of carbonyl (C=O) groups excluding carboxylic acids is 2. The monoisotopic (exact) mass is 386 g/mol. The van der Waals surface area contributed by atoms with Crippen LogP contribution in [0.1, 0.15) is 17.5 Å². The molecule has 0 spiro atoms. The molecule has 1 saturated heterocycles. The lowest BCUT2D eigenvalue weighted by atomic mass is 10.1. The molecule has 2 aromatic carbocycles. The molecule has 3 rings (SSSR count). The van der Waals surface area contributed by atoms with Crippen molar-refractivity contribution in [2.75, 3.05) is 20.2 Å². The number of nitrogens with one attached hydrogen (secondary N) is 1. The van der Waals surface area contributed by atoms with Crippen molar-refractivity contribution in [3.8, 4) is 5.75 Å². The van der Waals surface area contributed by atoms with E-state index in [2.05, 4.69) is 5.32 Å². The summed E-state index contributed by atoms with van der Waals surface area (Å²) in [6.07, 6.45) is 1.01. The maximum atomic E-state index is 12.4. The zero-order chi connectivity index (χ0) is 19.2. The first-order chi connectivity index (χ1) is 13.1. The highest BCUT2D eigenvalue weighted by Crippen LogP contribution is 2.20. The van der Waals surface area contributed by atoms with Crippen LogP contribution in [0.3, 0.4) is 0 Å². The zero-order valence-corrected chi connectivity index (χ0v) is 16.0. The smallest absolute Gasteiger partial charge is 0.225 e. The number of hydrogen-bond donors (Lipinski definition) is 1. The average molecular weight is 387 g/mol. The van der Waals surface area contributed by atoms with Gasteiger partial charge >= 0.3 is 0 Å². The van der Waals surface area contributed by atoms with E-state index in [1.807, 2.05) is 42.5 Å². The molecule has 142 valence electrons. The minimum Gasteiger partial charge on any atom is -0.497 e. The van der Waals surface area contributed by atoms with Crippen LogP contribution in [0, 0.1) is 5.92 Å². The van der Waals surface area contributed by atoms with E-state index in [9.17, 15) is 9.59 Å². The van der Waals surface area contributed by atoms with Crippen LogP contribution in [-0.4, -0.2) is 36.9 Å². The summed E-state index contributed by atoms with van der Waals surface area (Å²) < 4.78 is 5.15. The maximum absolute atomic E-state index is 12.4. The first kappa shape index (κ1) is 19.2. The van der Waals surface area contributed by atoms with Crippen molar-refractivity contribution in [2.24, 2.45) is 5.92 Å². The van der Waals surface area contributed by atoms with Gasteiger partial charge in [-0.15, -0.1) is 0 Å². The van der Waals surface area contributed by atoms with Gasteiger partial charge in [0.1, 0.15) is 5.75 Å². The number of benzene rings is 2. The first-order valence-corrected chi connectivity index (χ1v) is 9.36. The highest BCUT2D eigenvalue weighted by molar-refractivity contribution is 6.31. The third-order valence-electron chi connectivity index (χ3n) is 4.83. The van der Waals surface area contributed by atoms with Crippen molar-refractivity contribution in [3.05, 3.63) is 64.7 Å². The van der Waals surface area contributed by atoms with E-state index in [1.54, 1.807) is 18.1 Å². The Morgan fingerprint density at radius 3 is 2.67 bits per heavy atom. The number of methoxy groups -OCH3 is 1. The molecule has 0 aromatic heterocycles. The quantitative estimate of drug-likeness (QED) is 0.795. The van der Waals surface area contributed by atoms with Crippen LogP contribution in [0.5, 0.6) is 5.75 Å². The Morgan fingerprint density at radius 2 is 1.96 bits per heavy atom. The standard InChI is InChI=1S/C21H23ClN2O3/c1-27-18-8-6-15(7-9-18)10-11-24-14-17(12-20(24)25)21(26)23-13-16-4-2-3-5-19(16)22/h2-9,17H,10-14H2,1H3,(H,23,26). The van der Waals surface area contributed by atoms with Crippen molar-refractivity contribution in [2.45, 2.75) is 19.4 Å². The Hall–Kier alpha value is -2.53. The molecule has 0 radical (unpaired) electrons. The molecule has 1 fully saturated rings. The topological polar surface area (TPSA) is 58.6 Å². The molecular weight excluding hydrogens is 364 g/mol. The second kappa shape index (κ2) is 8.91. The van der Waals surface area contributed by atoms with Gasteiger partial charge in [0.15, 0.2) is 0 Å². The molecule has 2 amide bonds. The van der Waals surface area contributed by atoms with Gasteiger partial charge in [-0.05, 0) is 35.7 Å². The summed E-state index contributed by atoms with van der Waals surface area (Å²) in [4.78, 5) is 26.4. The van der Waals surface area contributed by atoms with Crippen molar-refractivity contribution in [3.63, 3.8) is 0 Å². The first-order valence-electron chi connectivity index (χ1n) is 8.98. The number of rotatable bonds is 7. The Morgan fingerprint density at radius 1 is 1.22 bits per heavy atom. The van der Waals surface area contributed by atoms with E-state index in [0.29, 0.717) is 24.7 Å². The van der Waals surface area contributed by atoms with Crippen LogP contribution >= 0.6 is 11.6 Å². The van der Waals surface area contributed by atoms with E-state index >= 15 is 0 Å². The highest BCUT2D eigenvalue weighted by Gasteiger charge is 2.33. The molecule has 1 unspecified atom stereocenters. The fraction of sp³-hybridized carbons (Fsp3) is 0.333. The Labute approximate surface area is 164 Å². The fourth-order valence-corrected chi connectivity index (χ4v) is 3.39. The predicted molar refractivity (Wildman–Crippen MR) is 105 cm³/mol. The molecule has 0 bridgehead atoms. The van der Waals surface area contributed by atoms with Crippen LogP contribution in [0.25, 0.3) is 0 Å². The molecule has 1 N–H and O–H groups in total. The normalized spacial score (nSPS) is 16.4. The summed E-state index contributed by atoms with van der Waals surface area (Å²) >= 11 is 6.11. The number of hydrogen-bond acceptors (Lipinski definition) is 3. The van der Waals surface area contributed by atoms with Crippen LogP contribution in [-0.2, 0) is 22.6 Å². The third kappa shape index (κ3) is 5.01. The van der Waals surface area contributed by atoms with Gasteiger partial charge in [0.25, 0.3) is 0 Å². The lowest BCUT2D eigenvalue weighted by Gasteiger charge is -2.17. The Kier molecular flexibility index (Phi) is 6.35. The van der Waals surface area contributed by atoms with Crippen molar-refractivity contribution < 1.29 is 14.3 Å². The summed E-state index contributed by atoms with van der Waals surface area (Å²) in [7, 11) is 1.63. The summed E-state index contributed by atoms with van der Waals surface area (Å²) in [5, 5.41) is 3.52. The number of nitrogens with zero attached hydrogens (tertiary/aromatic N) is 1. The summed E-state index contributed by atoms with van der Waals surface area (Å²) in [6.45, 7) is 1.44. The van der Waals surface area contributed by atoms with Gasteiger partial charge in [-0.2, -0.15) is 0 Å². The van der Waals surface area contributed by atoms with Crippen molar-refractivity contribution in [1.82, 2.24) is 10.2 Å². The minimum absolute atomic E-state index is 0.0291. The van der Waals surface area contributed by atoms with E-state index in [1.165, 1.54) is 0 Å². The van der Waals surface area contributed by atoms with Crippen molar-refractivity contribution in [1.29, 1.82) is 0 Å². The molecule has 2 aromatic rings.